The molecule has 0 aliphatic carbocycles. The smallest absolute Gasteiger partial charge is 0.164 e. The molecule has 2 saturated heterocycles. The summed E-state index contributed by atoms with van der Waals surface area (Å²) in [6.45, 7) is 5.83. The molecule has 2 atom stereocenters. The first-order valence-electron chi connectivity index (χ1n) is 9.77. The van der Waals surface area contributed by atoms with Crippen molar-refractivity contribution in [1.82, 2.24) is 0 Å². The number of hydrogen-bond acceptors (Lipinski definition) is 7. The highest BCUT2D eigenvalue weighted by Crippen LogP contribution is 2.38. The van der Waals surface area contributed by atoms with Crippen molar-refractivity contribution in [2.75, 3.05) is 66.1 Å². The van der Waals surface area contributed by atoms with Crippen LogP contribution >= 0.6 is 0 Å². The topological polar surface area (TPSA) is 71.2 Å². The molecule has 3 aliphatic rings. The van der Waals surface area contributed by atoms with Crippen LogP contribution in [-0.4, -0.2) is 78.3 Å². The summed E-state index contributed by atoms with van der Waals surface area (Å²) in [7, 11) is 0. The maximum atomic E-state index is 6.14. The molecule has 7 nitrogen and oxygen atoms in total. The first kappa shape index (κ1) is 19.0. The second-order valence-corrected chi connectivity index (χ2v) is 6.88. The van der Waals surface area contributed by atoms with Gasteiger partial charge in [-0.25, -0.2) is 0 Å². The molecule has 0 bridgehead atoms. The molecule has 3 heterocycles. The molecular weight excluding hydrogens is 352 g/mol. The van der Waals surface area contributed by atoms with Crippen LogP contribution in [0.25, 0.3) is 0 Å². The standard InChI is InChI=1S/C20H28O7/c1-2-19-20(18(12-17-14-27-17)15(1)11-16-13-26-16)25-10-8-23-6-4-21-3-5-22-7-9-24-19/h1-2,16-17H,3-14H2/t16-,17-/m0/s1. The molecule has 0 amide bonds. The van der Waals surface area contributed by atoms with Gasteiger partial charge in [0.15, 0.2) is 11.5 Å². The fraction of sp³-hybridized carbons (Fsp3) is 0.700. The van der Waals surface area contributed by atoms with Crippen LogP contribution in [-0.2, 0) is 36.5 Å². The molecule has 0 unspecified atom stereocenters. The molecular formula is C20H28O7. The van der Waals surface area contributed by atoms with Gasteiger partial charge in [-0.3, -0.25) is 0 Å². The highest BCUT2D eigenvalue weighted by Gasteiger charge is 2.30. The van der Waals surface area contributed by atoms with Gasteiger partial charge in [-0.05, 0) is 11.6 Å². The van der Waals surface area contributed by atoms with Crippen molar-refractivity contribution in [3.63, 3.8) is 0 Å². The molecule has 3 aliphatic heterocycles. The molecule has 2 fully saturated rings. The molecule has 150 valence electrons. The summed E-state index contributed by atoms with van der Waals surface area (Å²) < 4.78 is 39.6. The van der Waals surface area contributed by atoms with E-state index in [0.717, 1.165) is 37.6 Å². The minimum Gasteiger partial charge on any atom is -0.487 e. The maximum absolute atomic E-state index is 6.14. The Morgan fingerprint density at radius 1 is 0.667 bits per heavy atom. The molecule has 1 aromatic carbocycles. The molecule has 27 heavy (non-hydrogen) atoms. The molecule has 7 heteroatoms. The molecule has 0 N–H and O–H groups in total. The van der Waals surface area contributed by atoms with Gasteiger partial charge in [-0.1, -0.05) is 6.07 Å². The minimum absolute atomic E-state index is 0.271. The first-order valence-corrected chi connectivity index (χ1v) is 9.77. The van der Waals surface area contributed by atoms with E-state index in [1.165, 1.54) is 11.1 Å². The Morgan fingerprint density at radius 3 is 1.85 bits per heavy atom. The summed E-state index contributed by atoms with van der Waals surface area (Å²) in [5.74, 6) is 1.55. The zero-order valence-corrected chi connectivity index (χ0v) is 15.7. The fourth-order valence-corrected chi connectivity index (χ4v) is 3.13. The van der Waals surface area contributed by atoms with Gasteiger partial charge in [0.2, 0.25) is 0 Å². The third-order valence-corrected chi connectivity index (χ3v) is 4.71. The Balaban J connectivity index is 1.51. The van der Waals surface area contributed by atoms with Gasteiger partial charge in [0.1, 0.15) is 13.2 Å². The zero-order valence-electron chi connectivity index (χ0n) is 15.7. The van der Waals surface area contributed by atoms with Crippen LogP contribution in [0.2, 0.25) is 0 Å². The van der Waals surface area contributed by atoms with E-state index in [1.54, 1.807) is 0 Å². The summed E-state index contributed by atoms with van der Waals surface area (Å²) in [5, 5.41) is 0. The van der Waals surface area contributed by atoms with Crippen molar-refractivity contribution in [3.05, 3.63) is 23.3 Å². The fourth-order valence-electron chi connectivity index (χ4n) is 3.13. The lowest BCUT2D eigenvalue weighted by molar-refractivity contribution is 0.00706. The quantitative estimate of drug-likeness (QED) is 0.731. The van der Waals surface area contributed by atoms with Crippen LogP contribution in [0.3, 0.4) is 0 Å². The second-order valence-electron chi connectivity index (χ2n) is 6.88. The molecule has 0 saturated carbocycles. The Bertz CT molecular complexity index is 598. The minimum atomic E-state index is 0.271. The van der Waals surface area contributed by atoms with Crippen LogP contribution < -0.4 is 9.47 Å². The van der Waals surface area contributed by atoms with Gasteiger partial charge in [-0.2, -0.15) is 0 Å². The van der Waals surface area contributed by atoms with Crippen LogP contribution in [0.15, 0.2) is 12.1 Å². The normalized spacial score (nSPS) is 26.7. The van der Waals surface area contributed by atoms with E-state index < -0.39 is 0 Å². The Kier molecular flexibility index (Phi) is 6.81. The van der Waals surface area contributed by atoms with E-state index in [4.69, 9.17) is 33.2 Å². The SMILES string of the molecule is c1cc2c(c(C[C@H]3CO3)c1C[C@H]1CO1)OCCOCCOCCOCCO2. The Labute approximate surface area is 159 Å². The molecule has 4 rings (SSSR count). The number of hydrogen-bond donors (Lipinski definition) is 0. The van der Waals surface area contributed by atoms with Crippen molar-refractivity contribution in [2.45, 2.75) is 25.0 Å². The van der Waals surface area contributed by atoms with E-state index in [0.29, 0.717) is 59.0 Å². The lowest BCUT2D eigenvalue weighted by Gasteiger charge is -2.19. The number of rotatable bonds is 4. The maximum Gasteiger partial charge on any atom is 0.164 e. The third kappa shape index (κ3) is 6.05. The van der Waals surface area contributed by atoms with Gasteiger partial charge in [0, 0.05) is 18.4 Å². The van der Waals surface area contributed by atoms with E-state index in [-0.39, 0.29) is 6.10 Å². The van der Waals surface area contributed by atoms with Crippen molar-refractivity contribution in [2.24, 2.45) is 0 Å². The second kappa shape index (κ2) is 9.71. The summed E-state index contributed by atoms with van der Waals surface area (Å²) in [6.07, 6.45) is 2.32. The predicted octanol–water partition coefficient (Wildman–Crippen LogP) is 1.39. The van der Waals surface area contributed by atoms with E-state index in [1.807, 2.05) is 6.07 Å². The number of benzene rings is 1. The van der Waals surface area contributed by atoms with Gasteiger partial charge in [0.05, 0.1) is 65.1 Å². The lowest BCUT2D eigenvalue weighted by Crippen LogP contribution is -2.14. The first-order chi connectivity index (χ1) is 13.4. The average molecular weight is 380 g/mol. The average Bonchev–Trinajstić information content (AvgIpc) is 3.57. The van der Waals surface area contributed by atoms with Gasteiger partial charge in [0.25, 0.3) is 0 Å². The predicted molar refractivity (Wildman–Crippen MR) is 96.8 cm³/mol. The van der Waals surface area contributed by atoms with Crippen LogP contribution in [0.1, 0.15) is 11.1 Å². The van der Waals surface area contributed by atoms with E-state index >= 15 is 0 Å². The number of ether oxygens (including phenoxy) is 7. The highest BCUT2D eigenvalue weighted by atomic mass is 16.6. The van der Waals surface area contributed by atoms with Crippen molar-refractivity contribution < 1.29 is 33.2 Å². The summed E-state index contributed by atoms with van der Waals surface area (Å²) in [4.78, 5) is 0. The Hall–Kier alpha value is -1.38. The van der Waals surface area contributed by atoms with Crippen molar-refractivity contribution in [3.8, 4) is 11.5 Å². The third-order valence-electron chi connectivity index (χ3n) is 4.71. The van der Waals surface area contributed by atoms with Crippen LogP contribution in [0, 0.1) is 0 Å². The van der Waals surface area contributed by atoms with Crippen LogP contribution in [0.5, 0.6) is 11.5 Å². The zero-order chi connectivity index (χ0) is 18.3. The van der Waals surface area contributed by atoms with E-state index in [9.17, 15) is 0 Å². The number of fused-ring (bicyclic) bond motifs is 1. The van der Waals surface area contributed by atoms with Crippen LogP contribution in [0.4, 0.5) is 0 Å². The molecule has 0 aromatic heterocycles. The monoisotopic (exact) mass is 380 g/mol. The molecule has 1 aromatic rings. The summed E-state index contributed by atoms with van der Waals surface area (Å²) in [6, 6.07) is 4.12. The van der Waals surface area contributed by atoms with Gasteiger partial charge >= 0.3 is 0 Å². The van der Waals surface area contributed by atoms with E-state index in [2.05, 4.69) is 6.07 Å². The molecule has 0 radical (unpaired) electrons. The van der Waals surface area contributed by atoms with Crippen molar-refractivity contribution in [1.29, 1.82) is 0 Å². The van der Waals surface area contributed by atoms with Gasteiger partial charge < -0.3 is 33.2 Å². The highest BCUT2D eigenvalue weighted by molar-refractivity contribution is 5.52. The largest absolute Gasteiger partial charge is 0.487 e. The Morgan fingerprint density at radius 2 is 1.22 bits per heavy atom. The summed E-state index contributed by atoms with van der Waals surface area (Å²) in [5.41, 5.74) is 2.41. The lowest BCUT2D eigenvalue weighted by atomic mass is 9.97. The molecule has 0 spiro atoms. The van der Waals surface area contributed by atoms with Crippen molar-refractivity contribution >= 4 is 0 Å². The summed E-state index contributed by atoms with van der Waals surface area (Å²) >= 11 is 0. The van der Waals surface area contributed by atoms with Gasteiger partial charge in [-0.15, -0.1) is 0 Å². The number of epoxide rings is 2.